The lowest BCUT2D eigenvalue weighted by Gasteiger charge is -2.25. The van der Waals surface area contributed by atoms with Gasteiger partial charge in [-0.2, -0.15) is 0 Å². The molecule has 0 heterocycles. The molecule has 7 heteroatoms. The van der Waals surface area contributed by atoms with E-state index in [1.54, 1.807) is 20.8 Å². The summed E-state index contributed by atoms with van der Waals surface area (Å²) in [6.45, 7) is 15.0. The van der Waals surface area contributed by atoms with Gasteiger partial charge in [0.1, 0.15) is 11.2 Å². The highest BCUT2D eigenvalue weighted by Crippen LogP contribution is 2.18. The Kier molecular flexibility index (Phi) is 9.28. The Balaban J connectivity index is 4.66. The van der Waals surface area contributed by atoms with Crippen LogP contribution in [0.25, 0.3) is 0 Å². The van der Waals surface area contributed by atoms with Gasteiger partial charge in [0.2, 0.25) is 0 Å². The smallest absolute Gasteiger partial charge is 0.408 e. The normalized spacial score (nSPS) is 13.4. The second-order valence-electron chi connectivity index (χ2n) is 8.02. The van der Waals surface area contributed by atoms with Gasteiger partial charge in [-0.3, -0.25) is 4.79 Å². The van der Waals surface area contributed by atoms with E-state index >= 15 is 0 Å². The van der Waals surface area contributed by atoms with Crippen LogP contribution >= 0.6 is 24.0 Å². The van der Waals surface area contributed by atoms with E-state index in [0.29, 0.717) is 16.5 Å². The molecule has 0 bridgehead atoms. The number of esters is 1. The fourth-order valence-corrected chi connectivity index (χ4v) is 2.74. The lowest BCUT2D eigenvalue weighted by atomic mass is 10.1. The molecular formula is C17H31NO4S2. The number of rotatable bonds is 6. The van der Waals surface area contributed by atoms with E-state index in [9.17, 15) is 9.59 Å². The van der Waals surface area contributed by atoms with Crippen LogP contribution in [0.4, 0.5) is 4.79 Å². The fourth-order valence-electron chi connectivity index (χ4n) is 1.74. The van der Waals surface area contributed by atoms with Crippen molar-refractivity contribution in [2.24, 2.45) is 5.92 Å². The van der Waals surface area contributed by atoms with Gasteiger partial charge in [0.15, 0.2) is 0 Å². The summed E-state index contributed by atoms with van der Waals surface area (Å²) in [5.74, 6) is 0.140. The van der Waals surface area contributed by atoms with Crippen LogP contribution in [0.3, 0.4) is 0 Å². The summed E-state index contributed by atoms with van der Waals surface area (Å²) in [6.07, 6.45) is 0.174. The first-order chi connectivity index (χ1) is 10.7. The topological polar surface area (TPSA) is 64.6 Å². The van der Waals surface area contributed by atoms with Gasteiger partial charge in [0.25, 0.3) is 0 Å². The molecule has 0 rings (SSSR count). The van der Waals surface area contributed by atoms with E-state index in [-0.39, 0.29) is 17.8 Å². The lowest BCUT2D eigenvalue weighted by molar-refractivity contribution is -0.151. The van der Waals surface area contributed by atoms with Gasteiger partial charge in [-0.1, -0.05) is 26.1 Å². The largest absolute Gasteiger partial charge is 0.459 e. The molecular weight excluding hydrogens is 346 g/mol. The van der Waals surface area contributed by atoms with Crippen LogP contribution in [0.1, 0.15) is 61.8 Å². The van der Waals surface area contributed by atoms with Gasteiger partial charge in [-0.25, -0.2) is 4.79 Å². The molecule has 5 nitrogen and oxygen atoms in total. The van der Waals surface area contributed by atoms with Gasteiger partial charge in [-0.15, -0.1) is 11.8 Å². The standard InChI is InChI=1S/C17H31NO4S2/c1-11(2)9-12(18-15(20)22-17(6,7)8)14(23)24-10-13(19)21-16(3,4)5/h11-12H,9-10H2,1-8H3,(H,18,20)/t12-/m0/s1. The molecule has 0 aromatic carbocycles. The summed E-state index contributed by atoms with van der Waals surface area (Å²) < 4.78 is 11.1. The molecule has 0 aliphatic rings. The Hall–Kier alpha value is -0.820. The molecule has 0 spiro atoms. The SMILES string of the molecule is CC(C)C[C@H](NC(=O)OC(C)(C)C)C(=S)SCC(=O)OC(C)(C)C. The molecule has 140 valence electrons. The number of hydrogen-bond donors (Lipinski definition) is 1. The third kappa shape index (κ3) is 12.6. The summed E-state index contributed by atoms with van der Waals surface area (Å²) in [4.78, 5) is 23.8. The number of nitrogens with one attached hydrogen (secondary N) is 1. The monoisotopic (exact) mass is 377 g/mol. The summed E-state index contributed by atoms with van der Waals surface area (Å²) in [6, 6.07) is -0.331. The average molecular weight is 378 g/mol. The molecule has 1 amide bonds. The molecule has 1 atom stereocenters. The number of hydrogen-bond acceptors (Lipinski definition) is 6. The molecule has 0 saturated carbocycles. The predicted molar refractivity (Wildman–Crippen MR) is 104 cm³/mol. The van der Waals surface area contributed by atoms with E-state index in [2.05, 4.69) is 5.32 Å². The van der Waals surface area contributed by atoms with Crippen LogP contribution in [0, 0.1) is 5.92 Å². The van der Waals surface area contributed by atoms with Crippen molar-refractivity contribution in [2.45, 2.75) is 79.1 Å². The van der Waals surface area contributed by atoms with Crippen molar-refractivity contribution < 1.29 is 19.1 Å². The second-order valence-corrected chi connectivity index (χ2v) is 9.74. The quantitative estimate of drug-likeness (QED) is 0.549. The minimum absolute atomic E-state index is 0.126. The number of alkyl carbamates (subject to hydrolysis) is 1. The minimum atomic E-state index is -0.572. The highest BCUT2D eigenvalue weighted by Gasteiger charge is 2.24. The molecule has 0 radical (unpaired) electrons. The zero-order chi connectivity index (χ0) is 19.1. The maximum atomic E-state index is 12.0. The average Bonchev–Trinajstić information content (AvgIpc) is 2.29. The van der Waals surface area contributed by atoms with E-state index in [0.717, 1.165) is 0 Å². The third-order valence-electron chi connectivity index (χ3n) is 2.43. The van der Waals surface area contributed by atoms with E-state index in [1.807, 2.05) is 34.6 Å². The van der Waals surface area contributed by atoms with Crippen LogP contribution in [-0.4, -0.2) is 39.3 Å². The molecule has 0 saturated heterocycles. The van der Waals surface area contributed by atoms with E-state index < -0.39 is 17.3 Å². The molecule has 0 aromatic heterocycles. The van der Waals surface area contributed by atoms with Gasteiger partial charge in [0, 0.05) is 0 Å². The van der Waals surface area contributed by atoms with Gasteiger partial charge < -0.3 is 14.8 Å². The first kappa shape index (κ1) is 23.2. The van der Waals surface area contributed by atoms with Crippen molar-refractivity contribution in [1.29, 1.82) is 0 Å². The van der Waals surface area contributed by atoms with Crippen molar-refractivity contribution in [3.05, 3.63) is 0 Å². The third-order valence-corrected chi connectivity index (χ3v) is 4.02. The number of thioether (sulfide) groups is 1. The zero-order valence-corrected chi connectivity index (χ0v) is 17.7. The van der Waals surface area contributed by atoms with E-state index in [1.165, 1.54) is 11.8 Å². The molecule has 0 aliphatic carbocycles. The van der Waals surface area contributed by atoms with Crippen molar-refractivity contribution in [2.75, 3.05) is 5.75 Å². The first-order valence-corrected chi connectivity index (χ1v) is 9.47. The van der Waals surface area contributed by atoms with Crippen LogP contribution in [0.15, 0.2) is 0 Å². The van der Waals surface area contributed by atoms with Crippen LogP contribution in [0.5, 0.6) is 0 Å². The second kappa shape index (κ2) is 9.61. The molecule has 24 heavy (non-hydrogen) atoms. The Labute approximate surface area is 155 Å². The summed E-state index contributed by atoms with van der Waals surface area (Å²) >= 11 is 6.62. The Morgan fingerprint density at radius 3 is 1.96 bits per heavy atom. The Morgan fingerprint density at radius 1 is 1.04 bits per heavy atom. The number of carbonyl (C=O) groups excluding carboxylic acids is 2. The molecule has 1 N–H and O–H groups in total. The van der Waals surface area contributed by atoms with Gasteiger partial charge >= 0.3 is 12.1 Å². The predicted octanol–water partition coefficient (Wildman–Crippen LogP) is 4.33. The zero-order valence-electron chi connectivity index (χ0n) is 16.0. The van der Waals surface area contributed by atoms with E-state index in [4.69, 9.17) is 21.7 Å². The molecule has 0 fully saturated rings. The molecule has 0 aliphatic heterocycles. The number of ether oxygens (including phenoxy) is 2. The Bertz CT molecular complexity index is 450. The summed E-state index contributed by atoms with van der Waals surface area (Å²) in [5, 5.41) is 2.80. The number of amides is 1. The van der Waals surface area contributed by atoms with Crippen LogP contribution in [-0.2, 0) is 14.3 Å². The fraction of sp³-hybridized carbons (Fsp3) is 0.824. The van der Waals surface area contributed by atoms with Crippen molar-refractivity contribution in [1.82, 2.24) is 5.32 Å². The lowest BCUT2D eigenvalue weighted by Crippen LogP contribution is -2.43. The first-order valence-electron chi connectivity index (χ1n) is 8.07. The van der Waals surface area contributed by atoms with Gasteiger partial charge in [-0.05, 0) is 53.9 Å². The number of thiocarbonyl (C=S) groups is 1. The van der Waals surface area contributed by atoms with Crippen LogP contribution in [0.2, 0.25) is 0 Å². The van der Waals surface area contributed by atoms with Crippen LogP contribution < -0.4 is 5.32 Å². The highest BCUT2D eigenvalue weighted by atomic mass is 32.2. The van der Waals surface area contributed by atoms with Crippen molar-refractivity contribution >= 4 is 40.2 Å². The van der Waals surface area contributed by atoms with Gasteiger partial charge in [0.05, 0.1) is 16.0 Å². The maximum absolute atomic E-state index is 12.0. The minimum Gasteiger partial charge on any atom is -0.459 e. The number of carbonyl (C=O) groups is 2. The van der Waals surface area contributed by atoms with Crippen molar-refractivity contribution in [3.8, 4) is 0 Å². The molecule has 0 aromatic rings. The summed E-state index contributed by atoms with van der Waals surface area (Å²) in [5.41, 5.74) is -1.09. The Morgan fingerprint density at radius 2 is 1.54 bits per heavy atom. The highest BCUT2D eigenvalue weighted by molar-refractivity contribution is 8.23. The molecule has 0 unspecified atom stereocenters. The maximum Gasteiger partial charge on any atom is 0.408 e. The summed E-state index contributed by atoms with van der Waals surface area (Å²) in [7, 11) is 0. The van der Waals surface area contributed by atoms with Crippen molar-refractivity contribution in [3.63, 3.8) is 0 Å².